The van der Waals surface area contributed by atoms with Gasteiger partial charge >= 0.3 is 0 Å². The molecule has 0 atom stereocenters. The Labute approximate surface area is 149 Å². The summed E-state index contributed by atoms with van der Waals surface area (Å²) in [6.45, 7) is 5.69. The fourth-order valence-electron chi connectivity index (χ4n) is 3.04. The Hall–Kier alpha value is -2.45. The molecule has 0 unspecified atom stereocenters. The minimum atomic E-state index is -0.0293. The van der Waals surface area contributed by atoms with Crippen LogP contribution in [-0.4, -0.2) is 37.3 Å². The molecule has 0 aromatic carbocycles. The summed E-state index contributed by atoms with van der Waals surface area (Å²) in [5.41, 5.74) is 3.19. The Kier molecular flexibility index (Phi) is 4.37. The van der Waals surface area contributed by atoms with Crippen LogP contribution in [0.3, 0.4) is 0 Å². The second-order valence-corrected chi connectivity index (χ2v) is 7.38. The lowest BCUT2D eigenvalue weighted by Crippen LogP contribution is -2.33. The van der Waals surface area contributed by atoms with Crippen molar-refractivity contribution in [1.82, 2.24) is 30.2 Å². The SMILES string of the molecule is CC(=O)NCc1cc2n(n1)CCN(Cc1ccc(-c3ccn[nH]3)s1)C2. The molecule has 1 aliphatic rings. The molecule has 0 saturated carbocycles. The van der Waals surface area contributed by atoms with Crippen LogP contribution in [0.1, 0.15) is 23.2 Å². The number of rotatable bonds is 5. The quantitative estimate of drug-likeness (QED) is 0.733. The van der Waals surface area contributed by atoms with Crippen molar-refractivity contribution in [2.75, 3.05) is 6.54 Å². The Morgan fingerprint density at radius 2 is 2.28 bits per heavy atom. The summed E-state index contributed by atoms with van der Waals surface area (Å²) in [6.07, 6.45) is 1.78. The Bertz CT molecular complexity index is 866. The van der Waals surface area contributed by atoms with Crippen molar-refractivity contribution in [3.8, 4) is 10.6 Å². The summed E-state index contributed by atoms with van der Waals surface area (Å²) in [4.78, 5) is 16.0. The van der Waals surface area contributed by atoms with Gasteiger partial charge < -0.3 is 5.32 Å². The maximum Gasteiger partial charge on any atom is 0.217 e. The molecular formula is C17H20N6OS. The van der Waals surface area contributed by atoms with Gasteiger partial charge in [0.05, 0.1) is 35.0 Å². The molecule has 2 N–H and O–H groups in total. The summed E-state index contributed by atoms with van der Waals surface area (Å²) in [5.74, 6) is -0.0293. The summed E-state index contributed by atoms with van der Waals surface area (Å²) < 4.78 is 2.05. The highest BCUT2D eigenvalue weighted by atomic mass is 32.1. The summed E-state index contributed by atoms with van der Waals surface area (Å²) in [7, 11) is 0. The van der Waals surface area contributed by atoms with Crippen molar-refractivity contribution in [2.45, 2.75) is 33.1 Å². The van der Waals surface area contributed by atoms with Gasteiger partial charge in [0, 0.05) is 37.6 Å². The Morgan fingerprint density at radius 1 is 1.36 bits per heavy atom. The van der Waals surface area contributed by atoms with Crippen molar-refractivity contribution in [3.05, 3.63) is 46.7 Å². The second kappa shape index (κ2) is 6.81. The number of aromatic amines is 1. The number of nitrogens with zero attached hydrogens (tertiary/aromatic N) is 4. The fourth-order valence-corrected chi connectivity index (χ4v) is 4.06. The molecule has 4 rings (SSSR count). The standard InChI is InChI=1S/C17H20N6OS/c1-12(24)18-9-13-8-14-10-22(6-7-23(14)21-13)11-15-2-3-17(25-15)16-4-5-19-20-16/h2-5,8H,6-7,9-11H2,1H3,(H,18,24)(H,19,20). The molecular weight excluding hydrogens is 336 g/mol. The van der Waals surface area contributed by atoms with E-state index in [1.807, 2.05) is 6.07 Å². The molecule has 3 aromatic heterocycles. The van der Waals surface area contributed by atoms with Crippen LogP contribution in [0.4, 0.5) is 0 Å². The minimum absolute atomic E-state index is 0.0293. The fraction of sp³-hybridized carbons (Fsp3) is 0.353. The second-order valence-electron chi connectivity index (χ2n) is 6.21. The van der Waals surface area contributed by atoms with Gasteiger partial charge in [-0.3, -0.25) is 19.5 Å². The lowest BCUT2D eigenvalue weighted by Gasteiger charge is -2.26. The van der Waals surface area contributed by atoms with Gasteiger partial charge in [0.2, 0.25) is 5.91 Å². The molecule has 130 valence electrons. The average molecular weight is 356 g/mol. The van der Waals surface area contributed by atoms with Crippen LogP contribution in [0.25, 0.3) is 10.6 Å². The van der Waals surface area contributed by atoms with Crippen LogP contribution in [0.5, 0.6) is 0 Å². The van der Waals surface area contributed by atoms with E-state index in [1.54, 1.807) is 17.5 Å². The molecule has 3 aromatic rings. The van der Waals surface area contributed by atoms with Gasteiger partial charge in [-0.1, -0.05) is 0 Å². The normalized spacial score (nSPS) is 14.4. The zero-order valence-corrected chi connectivity index (χ0v) is 14.8. The lowest BCUT2D eigenvalue weighted by atomic mass is 10.2. The first kappa shape index (κ1) is 16.0. The molecule has 7 nitrogen and oxygen atoms in total. The maximum absolute atomic E-state index is 11.0. The molecule has 4 heterocycles. The van der Waals surface area contributed by atoms with Gasteiger partial charge in [-0.25, -0.2) is 0 Å². The van der Waals surface area contributed by atoms with Crippen molar-refractivity contribution in [2.24, 2.45) is 0 Å². The van der Waals surface area contributed by atoms with E-state index in [9.17, 15) is 4.79 Å². The van der Waals surface area contributed by atoms with E-state index in [1.165, 1.54) is 22.4 Å². The maximum atomic E-state index is 11.0. The number of carbonyl (C=O) groups excluding carboxylic acids is 1. The monoisotopic (exact) mass is 356 g/mol. The Balaban J connectivity index is 1.40. The van der Waals surface area contributed by atoms with Gasteiger partial charge in [-0.15, -0.1) is 11.3 Å². The number of aromatic nitrogens is 4. The van der Waals surface area contributed by atoms with Crippen LogP contribution in [-0.2, 0) is 31.0 Å². The number of nitrogens with one attached hydrogen (secondary N) is 2. The first-order valence-corrected chi connectivity index (χ1v) is 9.10. The molecule has 0 fully saturated rings. The topological polar surface area (TPSA) is 78.8 Å². The van der Waals surface area contributed by atoms with E-state index in [0.717, 1.165) is 37.6 Å². The zero-order valence-electron chi connectivity index (χ0n) is 14.0. The largest absolute Gasteiger partial charge is 0.351 e. The van der Waals surface area contributed by atoms with Crippen LogP contribution < -0.4 is 5.32 Å². The summed E-state index contributed by atoms with van der Waals surface area (Å²) in [6, 6.07) is 8.42. The van der Waals surface area contributed by atoms with E-state index in [-0.39, 0.29) is 5.91 Å². The summed E-state index contributed by atoms with van der Waals surface area (Å²) in [5, 5.41) is 14.4. The highest BCUT2D eigenvalue weighted by molar-refractivity contribution is 7.15. The minimum Gasteiger partial charge on any atom is -0.351 e. The molecule has 0 aliphatic carbocycles. The Morgan fingerprint density at radius 3 is 3.08 bits per heavy atom. The first-order valence-electron chi connectivity index (χ1n) is 8.28. The number of amides is 1. The predicted molar refractivity (Wildman–Crippen MR) is 95.8 cm³/mol. The van der Waals surface area contributed by atoms with Crippen molar-refractivity contribution < 1.29 is 4.79 Å². The van der Waals surface area contributed by atoms with Crippen LogP contribution >= 0.6 is 11.3 Å². The van der Waals surface area contributed by atoms with Gasteiger partial charge in [-0.2, -0.15) is 10.2 Å². The van der Waals surface area contributed by atoms with E-state index < -0.39 is 0 Å². The average Bonchev–Trinajstić information content (AvgIpc) is 3.32. The lowest BCUT2D eigenvalue weighted by molar-refractivity contribution is -0.119. The number of thiophene rings is 1. The number of hydrogen-bond acceptors (Lipinski definition) is 5. The van der Waals surface area contributed by atoms with E-state index in [4.69, 9.17) is 0 Å². The molecule has 0 radical (unpaired) electrons. The third kappa shape index (κ3) is 3.64. The zero-order chi connectivity index (χ0) is 17.2. The molecule has 1 aliphatic heterocycles. The van der Waals surface area contributed by atoms with Crippen LogP contribution in [0.15, 0.2) is 30.5 Å². The van der Waals surface area contributed by atoms with E-state index >= 15 is 0 Å². The van der Waals surface area contributed by atoms with Gasteiger partial charge in [-0.05, 0) is 24.3 Å². The number of carbonyl (C=O) groups is 1. The number of H-pyrrole nitrogens is 1. The third-order valence-corrected chi connectivity index (χ3v) is 5.36. The van der Waals surface area contributed by atoms with Crippen LogP contribution in [0, 0.1) is 0 Å². The van der Waals surface area contributed by atoms with Crippen molar-refractivity contribution in [3.63, 3.8) is 0 Å². The molecule has 0 saturated heterocycles. The predicted octanol–water partition coefficient (Wildman–Crippen LogP) is 1.99. The van der Waals surface area contributed by atoms with Gasteiger partial charge in [0.25, 0.3) is 0 Å². The first-order chi connectivity index (χ1) is 12.2. The van der Waals surface area contributed by atoms with Crippen molar-refractivity contribution >= 4 is 17.2 Å². The van der Waals surface area contributed by atoms with Gasteiger partial charge in [0.1, 0.15) is 0 Å². The smallest absolute Gasteiger partial charge is 0.217 e. The third-order valence-electron chi connectivity index (χ3n) is 4.25. The van der Waals surface area contributed by atoms with Crippen LogP contribution in [0.2, 0.25) is 0 Å². The molecule has 25 heavy (non-hydrogen) atoms. The van der Waals surface area contributed by atoms with Crippen molar-refractivity contribution in [1.29, 1.82) is 0 Å². The number of fused-ring (bicyclic) bond motifs is 1. The molecule has 1 amide bonds. The molecule has 0 spiro atoms. The number of hydrogen-bond donors (Lipinski definition) is 2. The van der Waals surface area contributed by atoms with Gasteiger partial charge in [0.15, 0.2) is 0 Å². The molecule has 0 bridgehead atoms. The van der Waals surface area contributed by atoms with E-state index in [2.05, 4.69) is 48.4 Å². The highest BCUT2D eigenvalue weighted by Crippen LogP contribution is 2.28. The highest BCUT2D eigenvalue weighted by Gasteiger charge is 2.19. The molecule has 8 heteroatoms. The van der Waals surface area contributed by atoms with E-state index in [0.29, 0.717) is 6.54 Å². The summed E-state index contributed by atoms with van der Waals surface area (Å²) >= 11 is 1.80.